The molecular weight excluding hydrogens is 309 g/mol. The molecule has 2 N–H and O–H groups in total. The van der Waals surface area contributed by atoms with E-state index < -0.39 is 17.8 Å². The Kier molecular flexibility index (Phi) is 5.44. The third kappa shape index (κ3) is 5.45. The minimum absolute atomic E-state index is 0.0626. The summed E-state index contributed by atoms with van der Waals surface area (Å²) in [5, 5.41) is 12.8. The van der Waals surface area contributed by atoms with Gasteiger partial charge < -0.3 is 15.2 Å². The van der Waals surface area contributed by atoms with E-state index in [0.29, 0.717) is 5.82 Å². The van der Waals surface area contributed by atoms with Crippen LogP contribution in [-0.2, 0) is 6.18 Å². The van der Waals surface area contributed by atoms with Crippen molar-refractivity contribution >= 4 is 5.82 Å². The number of aromatic nitrogens is 1. The first kappa shape index (κ1) is 17.1. The fraction of sp³-hybridized carbons (Fsp3) is 0.312. The Labute approximate surface area is 131 Å². The molecule has 7 heteroatoms. The molecule has 2 rings (SSSR count). The predicted octanol–water partition coefficient (Wildman–Crippen LogP) is 3.26. The molecule has 0 spiro atoms. The van der Waals surface area contributed by atoms with Gasteiger partial charge in [0.25, 0.3) is 0 Å². The molecule has 23 heavy (non-hydrogen) atoms. The summed E-state index contributed by atoms with van der Waals surface area (Å²) in [4.78, 5) is 4.21. The fourth-order valence-electron chi connectivity index (χ4n) is 1.88. The van der Waals surface area contributed by atoms with Crippen molar-refractivity contribution in [2.45, 2.75) is 19.2 Å². The summed E-state index contributed by atoms with van der Waals surface area (Å²) in [5.74, 6) is 0.677. The standard InChI is InChI=1S/C16H17F3N2O2/c1-11-4-2-7-15(21-11)20-9-13(22)10-23-14-6-3-5-12(8-14)16(17,18)19/h2-8,13,22H,9-10H2,1H3,(H,20,21). The normalized spacial score (nSPS) is 12.7. The van der Waals surface area contributed by atoms with Crippen LogP contribution in [0.5, 0.6) is 5.75 Å². The van der Waals surface area contributed by atoms with Gasteiger partial charge in [-0.2, -0.15) is 13.2 Å². The number of pyridine rings is 1. The summed E-state index contributed by atoms with van der Waals surface area (Å²) in [6.45, 7) is 1.90. The van der Waals surface area contributed by atoms with Crippen molar-refractivity contribution in [2.75, 3.05) is 18.5 Å². The molecular formula is C16H17F3N2O2. The molecule has 0 aliphatic rings. The molecule has 124 valence electrons. The highest BCUT2D eigenvalue weighted by molar-refractivity contribution is 5.35. The van der Waals surface area contributed by atoms with Crippen LogP contribution in [-0.4, -0.2) is 29.3 Å². The van der Waals surface area contributed by atoms with Gasteiger partial charge in [-0.25, -0.2) is 4.98 Å². The van der Waals surface area contributed by atoms with E-state index in [1.54, 1.807) is 6.07 Å². The van der Waals surface area contributed by atoms with E-state index in [0.717, 1.165) is 17.8 Å². The van der Waals surface area contributed by atoms with E-state index in [1.165, 1.54) is 12.1 Å². The van der Waals surface area contributed by atoms with Crippen molar-refractivity contribution in [3.63, 3.8) is 0 Å². The number of aliphatic hydroxyl groups is 1. The Bertz CT molecular complexity index is 647. The largest absolute Gasteiger partial charge is 0.491 e. The SMILES string of the molecule is Cc1cccc(NCC(O)COc2cccc(C(F)(F)F)c2)n1. The van der Waals surface area contributed by atoms with Crippen LogP contribution in [0, 0.1) is 6.92 Å². The van der Waals surface area contributed by atoms with Crippen LogP contribution in [0.2, 0.25) is 0 Å². The number of rotatable bonds is 6. The van der Waals surface area contributed by atoms with Gasteiger partial charge in [-0.05, 0) is 37.3 Å². The average Bonchev–Trinajstić information content (AvgIpc) is 2.50. The van der Waals surface area contributed by atoms with Gasteiger partial charge in [0, 0.05) is 12.2 Å². The zero-order chi connectivity index (χ0) is 16.9. The van der Waals surface area contributed by atoms with E-state index in [4.69, 9.17) is 4.74 Å². The summed E-state index contributed by atoms with van der Waals surface area (Å²) in [6.07, 6.45) is -5.30. The number of aryl methyl sites for hydroxylation is 1. The van der Waals surface area contributed by atoms with Gasteiger partial charge in [-0.3, -0.25) is 0 Å². The highest BCUT2D eigenvalue weighted by Gasteiger charge is 2.30. The van der Waals surface area contributed by atoms with E-state index in [9.17, 15) is 18.3 Å². The molecule has 1 atom stereocenters. The van der Waals surface area contributed by atoms with Gasteiger partial charge in [0.15, 0.2) is 0 Å². The molecule has 2 aromatic rings. The second-order valence-electron chi connectivity index (χ2n) is 5.04. The fourth-order valence-corrected chi connectivity index (χ4v) is 1.88. The minimum atomic E-state index is -4.42. The predicted molar refractivity (Wildman–Crippen MR) is 80.4 cm³/mol. The third-order valence-corrected chi connectivity index (χ3v) is 3.01. The summed E-state index contributed by atoms with van der Waals surface area (Å²) >= 11 is 0. The lowest BCUT2D eigenvalue weighted by Gasteiger charge is -2.15. The second kappa shape index (κ2) is 7.32. The number of nitrogens with one attached hydrogen (secondary N) is 1. The zero-order valence-electron chi connectivity index (χ0n) is 12.5. The molecule has 0 bridgehead atoms. The number of ether oxygens (including phenoxy) is 1. The van der Waals surface area contributed by atoms with Gasteiger partial charge in [-0.15, -0.1) is 0 Å². The lowest BCUT2D eigenvalue weighted by atomic mass is 10.2. The molecule has 0 aliphatic heterocycles. The Balaban J connectivity index is 1.83. The van der Waals surface area contributed by atoms with Crippen LogP contribution < -0.4 is 10.1 Å². The Morgan fingerprint density at radius 1 is 1.22 bits per heavy atom. The van der Waals surface area contributed by atoms with Crippen LogP contribution in [0.4, 0.5) is 19.0 Å². The quantitative estimate of drug-likeness (QED) is 0.855. The van der Waals surface area contributed by atoms with Crippen molar-refractivity contribution in [2.24, 2.45) is 0 Å². The topological polar surface area (TPSA) is 54.4 Å². The maximum Gasteiger partial charge on any atom is 0.416 e. The van der Waals surface area contributed by atoms with Crippen molar-refractivity contribution < 1.29 is 23.0 Å². The number of anilines is 1. The summed E-state index contributed by atoms with van der Waals surface area (Å²) in [5.41, 5.74) is 0.0521. The monoisotopic (exact) mass is 326 g/mol. The lowest BCUT2D eigenvalue weighted by molar-refractivity contribution is -0.137. The molecule has 4 nitrogen and oxygen atoms in total. The molecule has 0 aliphatic carbocycles. The third-order valence-electron chi connectivity index (χ3n) is 3.01. The molecule has 1 aromatic carbocycles. The van der Waals surface area contributed by atoms with Crippen molar-refractivity contribution in [1.82, 2.24) is 4.98 Å². The van der Waals surface area contributed by atoms with Crippen LogP contribution in [0.3, 0.4) is 0 Å². The van der Waals surface area contributed by atoms with Gasteiger partial charge in [0.2, 0.25) is 0 Å². The molecule has 0 fully saturated rings. The average molecular weight is 326 g/mol. The number of aliphatic hydroxyl groups excluding tert-OH is 1. The summed E-state index contributed by atoms with van der Waals surface area (Å²) < 4.78 is 43.0. The highest BCUT2D eigenvalue weighted by atomic mass is 19.4. The molecule has 0 radical (unpaired) electrons. The molecule has 0 saturated carbocycles. The Morgan fingerprint density at radius 3 is 2.65 bits per heavy atom. The number of nitrogens with zero attached hydrogens (tertiary/aromatic N) is 1. The minimum Gasteiger partial charge on any atom is -0.491 e. The maximum atomic E-state index is 12.6. The van der Waals surface area contributed by atoms with Crippen LogP contribution in [0.15, 0.2) is 42.5 Å². The molecule has 1 unspecified atom stereocenters. The van der Waals surface area contributed by atoms with Gasteiger partial charge >= 0.3 is 6.18 Å². The summed E-state index contributed by atoms with van der Waals surface area (Å²) in [6, 6.07) is 9.98. The van der Waals surface area contributed by atoms with Gasteiger partial charge in [-0.1, -0.05) is 12.1 Å². The molecule has 1 heterocycles. The van der Waals surface area contributed by atoms with Crippen molar-refractivity contribution in [3.05, 3.63) is 53.7 Å². The van der Waals surface area contributed by atoms with Crippen LogP contribution in [0.1, 0.15) is 11.3 Å². The van der Waals surface area contributed by atoms with Crippen LogP contribution >= 0.6 is 0 Å². The number of hydrogen-bond acceptors (Lipinski definition) is 4. The number of alkyl halides is 3. The van der Waals surface area contributed by atoms with E-state index in [-0.39, 0.29) is 18.9 Å². The van der Waals surface area contributed by atoms with E-state index >= 15 is 0 Å². The lowest BCUT2D eigenvalue weighted by Crippen LogP contribution is -2.26. The second-order valence-corrected chi connectivity index (χ2v) is 5.04. The smallest absolute Gasteiger partial charge is 0.416 e. The number of halogens is 3. The molecule has 0 amide bonds. The van der Waals surface area contributed by atoms with Crippen molar-refractivity contribution in [3.8, 4) is 5.75 Å². The van der Waals surface area contributed by atoms with Gasteiger partial charge in [0.1, 0.15) is 24.3 Å². The zero-order valence-corrected chi connectivity index (χ0v) is 12.5. The maximum absolute atomic E-state index is 12.6. The highest BCUT2D eigenvalue weighted by Crippen LogP contribution is 2.31. The summed E-state index contributed by atoms with van der Waals surface area (Å²) in [7, 11) is 0. The Hall–Kier alpha value is -2.28. The molecule has 1 aromatic heterocycles. The first-order chi connectivity index (χ1) is 10.8. The molecule has 0 saturated heterocycles. The van der Waals surface area contributed by atoms with Crippen LogP contribution in [0.25, 0.3) is 0 Å². The van der Waals surface area contributed by atoms with Gasteiger partial charge in [0.05, 0.1) is 5.56 Å². The van der Waals surface area contributed by atoms with Crippen molar-refractivity contribution in [1.29, 1.82) is 0 Å². The Morgan fingerprint density at radius 2 is 1.96 bits per heavy atom. The van der Waals surface area contributed by atoms with E-state index in [2.05, 4.69) is 10.3 Å². The van der Waals surface area contributed by atoms with E-state index in [1.807, 2.05) is 19.1 Å². The number of hydrogen-bond donors (Lipinski definition) is 2. The number of benzene rings is 1. The first-order valence-electron chi connectivity index (χ1n) is 7.00. The first-order valence-corrected chi connectivity index (χ1v) is 7.00.